The molecule has 0 aliphatic rings. The monoisotopic (exact) mass is 388 g/mol. The Morgan fingerprint density at radius 2 is 1.04 bits per heavy atom. The van der Waals surface area contributed by atoms with Gasteiger partial charge in [0.25, 0.3) is 0 Å². The minimum absolute atomic E-state index is 0.0854. The lowest BCUT2D eigenvalue weighted by molar-refractivity contribution is -0.237. The number of hydrogen-bond donors (Lipinski definition) is 0. The van der Waals surface area contributed by atoms with E-state index in [1.165, 1.54) is 77.0 Å². The van der Waals surface area contributed by atoms with Crippen LogP contribution in [0, 0.1) is 0 Å². The number of hydrogen-bond acceptors (Lipinski definition) is 3. The van der Waals surface area contributed by atoms with Gasteiger partial charge in [-0.25, -0.2) is 0 Å². The van der Waals surface area contributed by atoms with Crippen molar-refractivity contribution in [2.75, 3.05) is 19.8 Å². The summed E-state index contributed by atoms with van der Waals surface area (Å²) in [6.07, 6.45) is 17.7. The van der Waals surface area contributed by atoms with Crippen LogP contribution in [0.3, 0.4) is 0 Å². The van der Waals surface area contributed by atoms with Crippen LogP contribution in [-0.2, 0) is 14.2 Å². The van der Waals surface area contributed by atoms with Crippen LogP contribution >= 0.6 is 0 Å². The van der Waals surface area contributed by atoms with Crippen LogP contribution < -0.4 is 0 Å². The largest absolute Gasteiger partial charge is 0.373 e. The molecule has 0 aromatic rings. The molecule has 0 heterocycles. The molecule has 26 heavy (non-hydrogen) atoms. The van der Waals surface area contributed by atoms with Gasteiger partial charge in [-0.3, -0.25) is 0 Å². The highest BCUT2D eigenvalue weighted by molar-refractivity contribution is 6.13. The molecule has 0 aromatic heterocycles. The predicted octanol–water partition coefficient (Wildman–Crippen LogP) is 5.57. The van der Waals surface area contributed by atoms with Crippen LogP contribution in [0.4, 0.5) is 0 Å². The Kier molecular flexibility index (Phi) is 18.5. The molecule has 0 aliphatic heterocycles. The molecule has 0 fully saturated rings. The van der Waals surface area contributed by atoms with Crippen molar-refractivity contribution in [3.63, 3.8) is 0 Å². The minimum Gasteiger partial charge on any atom is -0.373 e. The van der Waals surface area contributed by atoms with Gasteiger partial charge in [-0.05, 0) is 27.2 Å². The van der Waals surface area contributed by atoms with Crippen LogP contribution in [0.15, 0.2) is 0 Å². The fourth-order valence-electron chi connectivity index (χ4n) is 3.67. The molecular formula is C22H48O3Si. The summed E-state index contributed by atoms with van der Waals surface area (Å²) >= 11 is 0. The fraction of sp³-hybridized carbons (Fsp3) is 1.00. The summed E-state index contributed by atoms with van der Waals surface area (Å²) in [6.45, 7) is 10.5. The Hall–Kier alpha value is 0.0969. The second-order valence-electron chi connectivity index (χ2n) is 7.50. The zero-order valence-corrected chi connectivity index (χ0v) is 20.6. The molecule has 0 amide bonds. The summed E-state index contributed by atoms with van der Waals surface area (Å²) in [6, 6.07) is 0. The first-order chi connectivity index (χ1) is 12.6. The normalized spacial score (nSPS) is 13.4. The van der Waals surface area contributed by atoms with E-state index < -0.39 is 5.41 Å². The van der Waals surface area contributed by atoms with Crippen LogP contribution in [0.5, 0.6) is 0 Å². The highest BCUT2D eigenvalue weighted by Gasteiger charge is 2.35. The topological polar surface area (TPSA) is 27.7 Å². The van der Waals surface area contributed by atoms with Gasteiger partial charge in [0.15, 0.2) is 5.41 Å². The van der Waals surface area contributed by atoms with Crippen molar-refractivity contribution in [1.29, 1.82) is 0 Å². The Bertz CT molecular complexity index is 281. The van der Waals surface area contributed by atoms with Gasteiger partial charge < -0.3 is 14.2 Å². The third kappa shape index (κ3) is 13.3. The average Bonchev–Trinajstić information content (AvgIpc) is 2.62. The molecule has 158 valence electrons. The predicted molar refractivity (Wildman–Crippen MR) is 117 cm³/mol. The van der Waals surface area contributed by atoms with Crippen molar-refractivity contribution in [3.05, 3.63) is 0 Å². The molecule has 0 bridgehead atoms. The third-order valence-corrected chi connectivity index (χ3v) is 6.36. The van der Waals surface area contributed by atoms with Crippen molar-refractivity contribution in [2.45, 2.75) is 123 Å². The fourth-order valence-corrected chi connectivity index (χ4v) is 4.70. The quantitative estimate of drug-likeness (QED) is 0.155. The number of ether oxygens (including phenoxy) is 3. The highest BCUT2D eigenvalue weighted by atomic mass is 28.1. The van der Waals surface area contributed by atoms with Crippen molar-refractivity contribution in [3.8, 4) is 0 Å². The van der Waals surface area contributed by atoms with E-state index in [0.29, 0.717) is 13.2 Å². The molecule has 0 rings (SSSR count). The van der Waals surface area contributed by atoms with Gasteiger partial charge in [0.05, 0.1) is 10.2 Å². The Morgan fingerprint density at radius 1 is 0.615 bits per heavy atom. The Morgan fingerprint density at radius 3 is 1.42 bits per heavy atom. The van der Waals surface area contributed by atoms with E-state index in [4.69, 9.17) is 14.2 Å². The molecule has 0 saturated carbocycles. The van der Waals surface area contributed by atoms with Crippen molar-refractivity contribution in [1.82, 2.24) is 0 Å². The number of unbranched alkanes of at least 4 members (excludes halogenated alkanes) is 11. The van der Waals surface area contributed by atoms with E-state index in [1.54, 1.807) is 0 Å². The molecule has 0 N–H and O–H groups in total. The third-order valence-electron chi connectivity index (χ3n) is 5.13. The second kappa shape index (κ2) is 18.5. The van der Waals surface area contributed by atoms with Crippen molar-refractivity contribution < 1.29 is 14.2 Å². The molecule has 4 heteroatoms. The minimum atomic E-state index is -0.475. The molecule has 1 atom stereocenters. The lowest BCUT2D eigenvalue weighted by Gasteiger charge is -2.37. The first kappa shape index (κ1) is 26.1. The molecule has 0 radical (unpaired) electrons. The van der Waals surface area contributed by atoms with Gasteiger partial charge in [0.1, 0.15) is 6.10 Å². The van der Waals surface area contributed by atoms with Crippen LogP contribution in [0.2, 0.25) is 0 Å². The summed E-state index contributed by atoms with van der Waals surface area (Å²) in [7, 11) is 0.837. The van der Waals surface area contributed by atoms with E-state index >= 15 is 0 Å². The standard InChI is InChI=1S/C22H48O3Si/c1-5-9-10-11-12-13-14-15-16-17-18-19-20-21(23-6-2)22(26,24-7-3)25-8-4/h21H,5-20H2,1-4,26H3. The maximum atomic E-state index is 6.00. The maximum Gasteiger partial charge on any atom is 0.166 e. The molecule has 0 saturated heterocycles. The number of rotatable bonds is 20. The van der Waals surface area contributed by atoms with E-state index in [-0.39, 0.29) is 6.10 Å². The first-order valence-corrected chi connectivity index (χ1v) is 12.5. The van der Waals surface area contributed by atoms with Gasteiger partial charge >= 0.3 is 0 Å². The molecular weight excluding hydrogens is 340 g/mol. The summed E-state index contributed by atoms with van der Waals surface area (Å²) in [5.74, 6) is 0. The van der Waals surface area contributed by atoms with Gasteiger partial charge in [-0.1, -0.05) is 84.0 Å². The first-order valence-electron chi connectivity index (χ1n) is 11.5. The van der Waals surface area contributed by atoms with Crippen LogP contribution in [0.25, 0.3) is 0 Å². The van der Waals surface area contributed by atoms with E-state index in [9.17, 15) is 0 Å². The maximum absolute atomic E-state index is 6.00. The van der Waals surface area contributed by atoms with Crippen molar-refractivity contribution in [2.24, 2.45) is 0 Å². The smallest absolute Gasteiger partial charge is 0.166 e. The summed E-state index contributed by atoms with van der Waals surface area (Å²) in [4.78, 5) is 0. The average molecular weight is 389 g/mol. The Labute approximate surface area is 167 Å². The lowest BCUT2D eigenvalue weighted by atomic mass is 10.0. The second-order valence-corrected chi connectivity index (χ2v) is 8.90. The molecule has 3 nitrogen and oxygen atoms in total. The summed E-state index contributed by atoms with van der Waals surface area (Å²) in [5, 5.41) is 0. The van der Waals surface area contributed by atoms with Crippen LogP contribution in [0.1, 0.15) is 111 Å². The SMILES string of the molecule is CCCCCCCCCCCCCCC(OCC)C([SiH3])(OCC)OCC. The zero-order valence-electron chi connectivity index (χ0n) is 18.6. The molecule has 0 aromatic carbocycles. The van der Waals surface area contributed by atoms with E-state index in [0.717, 1.165) is 23.3 Å². The summed E-state index contributed by atoms with van der Waals surface area (Å²) in [5.41, 5.74) is -0.475. The van der Waals surface area contributed by atoms with Crippen LogP contribution in [-0.4, -0.2) is 41.6 Å². The lowest BCUT2D eigenvalue weighted by Crippen LogP contribution is -2.49. The van der Waals surface area contributed by atoms with Gasteiger partial charge in [-0.15, -0.1) is 0 Å². The summed E-state index contributed by atoms with van der Waals surface area (Å²) < 4.78 is 17.9. The van der Waals surface area contributed by atoms with Gasteiger partial charge in [0.2, 0.25) is 0 Å². The molecule has 1 unspecified atom stereocenters. The van der Waals surface area contributed by atoms with Gasteiger partial charge in [0, 0.05) is 19.8 Å². The van der Waals surface area contributed by atoms with Crippen molar-refractivity contribution >= 4 is 10.2 Å². The van der Waals surface area contributed by atoms with Gasteiger partial charge in [-0.2, -0.15) is 0 Å². The zero-order chi connectivity index (χ0) is 19.5. The Balaban J connectivity index is 3.80. The van der Waals surface area contributed by atoms with E-state index in [1.807, 2.05) is 13.8 Å². The van der Waals surface area contributed by atoms with E-state index in [2.05, 4.69) is 13.8 Å². The molecule has 0 aliphatic carbocycles. The molecule has 0 spiro atoms. The highest BCUT2D eigenvalue weighted by Crippen LogP contribution is 2.23.